The van der Waals surface area contributed by atoms with E-state index in [1.807, 2.05) is 0 Å². The zero-order valence-electron chi connectivity index (χ0n) is 15.7. The molecule has 0 unspecified atom stereocenters. The van der Waals surface area contributed by atoms with Crippen molar-refractivity contribution in [2.24, 2.45) is 0 Å². The monoisotopic (exact) mass is 389 g/mol. The van der Waals surface area contributed by atoms with Gasteiger partial charge in [-0.3, -0.25) is 25.0 Å². The van der Waals surface area contributed by atoms with Crippen molar-refractivity contribution >= 4 is 23.3 Å². The Morgan fingerprint density at radius 2 is 1.25 bits per heavy atom. The van der Waals surface area contributed by atoms with Gasteiger partial charge in [-0.25, -0.2) is 4.79 Å². The van der Waals surface area contributed by atoms with E-state index in [2.05, 4.69) is 0 Å². The maximum Gasteiger partial charge on any atom is 0.336 e. The Labute approximate surface area is 160 Å². The molecule has 0 spiro atoms. The molecule has 0 aliphatic heterocycles. The molecule has 0 heterocycles. The first-order valence-electron chi connectivity index (χ1n) is 7.90. The number of benzene rings is 2. The zero-order valence-corrected chi connectivity index (χ0v) is 15.7. The lowest BCUT2D eigenvalue weighted by molar-refractivity contribution is -0.385. The number of hydrogen-bond donors (Lipinski definition) is 1. The summed E-state index contributed by atoms with van der Waals surface area (Å²) in [5, 5.41) is 29.5. The minimum Gasteiger partial charge on any atom is -0.478 e. The molecule has 28 heavy (non-hydrogen) atoms. The molecule has 0 saturated carbocycles. The van der Waals surface area contributed by atoms with Crippen LogP contribution in [0.15, 0.2) is 36.4 Å². The Hall–Kier alpha value is -3.82. The number of amides is 1. The van der Waals surface area contributed by atoms with Crippen LogP contribution in [0, 0.1) is 34.1 Å². The van der Waals surface area contributed by atoms with Gasteiger partial charge in [0.1, 0.15) is 0 Å². The predicted molar refractivity (Wildman–Crippen MR) is 101 cm³/mol. The summed E-state index contributed by atoms with van der Waals surface area (Å²) in [6, 6.07) is 8.02. The number of carbonyl (C=O) groups excluding carboxylic acids is 1. The molecule has 0 bridgehead atoms. The Balaban J connectivity index is 0.000000283. The van der Waals surface area contributed by atoms with Crippen LogP contribution in [-0.4, -0.2) is 45.8 Å². The molecule has 0 saturated heterocycles. The summed E-state index contributed by atoms with van der Waals surface area (Å²) in [7, 11) is 3.22. The van der Waals surface area contributed by atoms with E-state index in [4.69, 9.17) is 5.11 Å². The topological polar surface area (TPSA) is 144 Å². The van der Waals surface area contributed by atoms with E-state index in [9.17, 15) is 29.8 Å². The second kappa shape index (κ2) is 9.21. The average molecular weight is 389 g/mol. The number of carbonyl (C=O) groups is 2. The van der Waals surface area contributed by atoms with Crippen molar-refractivity contribution in [3.63, 3.8) is 0 Å². The normalized spacial score (nSPS) is 9.71. The van der Waals surface area contributed by atoms with Gasteiger partial charge in [0.25, 0.3) is 17.3 Å². The molecule has 1 amide bonds. The molecule has 2 aromatic carbocycles. The molecule has 0 atom stereocenters. The molecule has 10 nitrogen and oxygen atoms in total. The molecule has 10 heteroatoms. The fourth-order valence-electron chi connectivity index (χ4n) is 2.15. The van der Waals surface area contributed by atoms with Gasteiger partial charge < -0.3 is 10.0 Å². The number of aryl methyl sites for hydroxylation is 2. The minimum atomic E-state index is -1.15. The molecule has 0 radical (unpaired) electrons. The van der Waals surface area contributed by atoms with Crippen molar-refractivity contribution in [3.05, 3.63) is 78.9 Å². The summed E-state index contributed by atoms with van der Waals surface area (Å²) in [4.78, 5) is 43.3. The van der Waals surface area contributed by atoms with E-state index in [0.717, 1.165) is 11.6 Å². The predicted octanol–water partition coefficient (Wildman–Crippen LogP) is 3.21. The van der Waals surface area contributed by atoms with Gasteiger partial charge in [-0.05, 0) is 25.0 Å². The van der Waals surface area contributed by atoms with Gasteiger partial charge in [-0.1, -0.05) is 12.1 Å². The van der Waals surface area contributed by atoms with E-state index < -0.39 is 15.8 Å². The Morgan fingerprint density at radius 1 is 0.857 bits per heavy atom. The molecular weight excluding hydrogens is 370 g/mol. The first-order valence-corrected chi connectivity index (χ1v) is 7.90. The minimum absolute atomic E-state index is 0.0331. The number of non-ortho nitro benzene ring substituents is 2. The standard InChI is InChI=1S/C10H12N2O3.C8H7NO4/c1-7-4-5-8(12(14)15)6-9(7)10(13)11(2)3;1-5-2-3-6(9(12)13)4-7(5)8(10)11/h4-6H,1-3H3;2-4H,1H3,(H,10,11). The third kappa shape index (κ3) is 5.59. The number of carboxylic acids is 1. The van der Waals surface area contributed by atoms with Crippen LogP contribution in [0.1, 0.15) is 31.8 Å². The fraction of sp³-hybridized carbons (Fsp3) is 0.222. The summed E-state index contributed by atoms with van der Waals surface area (Å²) >= 11 is 0. The van der Waals surface area contributed by atoms with Gasteiger partial charge in [0.2, 0.25) is 0 Å². The van der Waals surface area contributed by atoms with Crippen LogP contribution in [0.4, 0.5) is 11.4 Å². The number of aromatic carboxylic acids is 1. The van der Waals surface area contributed by atoms with Crippen molar-refractivity contribution in [1.29, 1.82) is 0 Å². The highest BCUT2D eigenvalue weighted by Crippen LogP contribution is 2.18. The van der Waals surface area contributed by atoms with E-state index in [0.29, 0.717) is 11.1 Å². The highest BCUT2D eigenvalue weighted by Gasteiger charge is 2.15. The Morgan fingerprint density at radius 3 is 1.61 bits per heavy atom. The van der Waals surface area contributed by atoms with Crippen LogP contribution < -0.4 is 0 Å². The summed E-state index contributed by atoms with van der Waals surface area (Å²) in [6.45, 7) is 3.34. The first-order chi connectivity index (χ1) is 13.0. The third-order valence-corrected chi connectivity index (χ3v) is 3.73. The first kappa shape index (κ1) is 22.2. The summed E-state index contributed by atoms with van der Waals surface area (Å²) in [5.41, 5.74) is 1.31. The van der Waals surface area contributed by atoms with Gasteiger partial charge in [0, 0.05) is 43.9 Å². The summed E-state index contributed by atoms with van der Waals surface area (Å²) < 4.78 is 0. The van der Waals surface area contributed by atoms with Gasteiger partial charge in [0.15, 0.2) is 0 Å². The van der Waals surface area contributed by atoms with Gasteiger partial charge >= 0.3 is 5.97 Å². The van der Waals surface area contributed by atoms with Crippen molar-refractivity contribution in [2.75, 3.05) is 14.1 Å². The highest BCUT2D eigenvalue weighted by atomic mass is 16.6. The van der Waals surface area contributed by atoms with E-state index >= 15 is 0 Å². The quantitative estimate of drug-likeness (QED) is 0.624. The largest absolute Gasteiger partial charge is 0.478 e. The third-order valence-electron chi connectivity index (χ3n) is 3.73. The number of nitrogens with zero attached hydrogens (tertiary/aromatic N) is 3. The van der Waals surface area contributed by atoms with Crippen molar-refractivity contribution in [3.8, 4) is 0 Å². The van der Waals surface area contributed by atoms with E-state index in [1.165, 1.54) is 29.2 Å². The van der Waals surface area contributed by atoms with Crippen molar-refractivity contribution in [1.82, 2.24) is 4.90 Å². The van der Waals surface area contributed by atoms with E-state index in [1.54, 1.807) is 34.0 Å². The molecule has 0 fully saturated rings. The molecular formula is C18H19N3O7. The Kier molecular flexibility index (Phi) is 7.31. The summed E-state index contributed by atoms with van der Waals surface area (Å²) in [5.74, 6) is -1.38. The van der Waals surface area contributed by atoms with Gasteiger partial charge in [-0.2, -0.15) is 0 Å². The van der Waals surface area contributed by atoms with Gasteiger partial charge in [-0.15, -0.1) is 0 Å². The van der Waals surface area contributed by atoms with Crippen LogP contribution >= 0.6 is 0 Å². The lowest BCUT2D eigenvalue weighted by atomic mass is 10.1. The molecule has 0 aliphatic carbocycles. The molecule has 0 aromatic heterocycles. The number of rotatable bonds is 4. The molecule has 1 N–H and O–H groups in total. The average Bonchev–Trinajstić information content (AvgIpc) is 2.61. The van der Waals surface area contributed by atoms with Crippen LogP contribution in [0.5, 0.6) is 0 Å². The van der Waals surface area contributed by atoms with E-state index in [-0.39, 0.29) is 22.8 Å². The molecule has 0 aliphatic rings. The van der Waals surface area contributed by atoms with Crippen LogP contribution in [-0.2, 0) is 0 Å². The molecule has 2 rings (SSSR count). The number of hydrogen-bond acceptors (Lipinski definition) is 6. The lowest BCUT2D eigenvalue weighted by Gasteiger charge is -2.11. The summed E-state index contributed by atoms with van der Waals surface area (Å²) in [6.07, 6.45) is 0. The van der Waals surface area contributed by atoms with Crippen LogP contribution in [0.2, 0.25) is 0 Å². The SMILES string of the molecule is Cc1ccc([N+](=O)[O-])cc1C(=O)N(C)C.Cc1ccc([N+](=O)[O-])cc1C(=O)O. The number of nitro groups is 2. The fourth-order valence-corrected chi connectivity index (χ4v) is 2.15. The molecule has 148 valence electrons. The maximum atomic E-state index is 11.6. The second-order valence-corrected chi connectivity index (χ2v) is 6.02. The zero-order chi connectivity index (χ0) is 21.6. The number of carboxylic acid groups (broad SMARTS) is 1. The molecule has 2 aromatic rings. The second-order valence-electron chi connectivity index (χ2n) is 6.02. The van der Waals surface area contributed by atoms with Crippen molar-refractivity contribution in [2.45, 2.75) is 13.8 Å². The van der Waals surface area contributed by atoms with Crippen LogP contribution in [0.25, 0.3) is 0 Å². The van der Waals surface area contributed by atoms with Crippen molar-refractivity contribution < 1.29 is 24.5 Å². The van der Waals surface area contributed by atoms with Gasteiger partial charge in [0.05, 0.1) is 15.4 Å². The lowest BCUT2D eigenvalue weighted by Crippen LogP contribution is -2.22. The smallest absolute Gasteiger partial charge is 0.336 e. The highest BCUT2D eigenvalue weighted by molar-refractivity contribution is 5.96. The Bertz CT molecular complexity index is 939. The maximum absolute atomic E-state index is 11.6. The van der Waals surface area contributed by atoms with Crippen LogP contribution in [0.3, 0.4) is 0 Å². The number of nitro benzene ring substituents is 2.